The number of ether oxygens (including phenoxy) is 2. The maximum absolute atomic E-state index is 12.4. The summed E-state index contributed by atoms with van der Waals surface area (Å²) >= 11 is 0. The van der Waals surface area contributed by atoms with E-state index in [2.05, 4.69) is 28.6 Å². The summed E-state index contributed by atoms with van der Waals surface area (Å²) in [6, 6.07) is 2.78. The van der Waals surface area contributed by atoms with Crippen molar-refractivity contribution >= 4 is 11.2 Å². The molecule has 0 spiro atoms. The molecule has 0 aliphatic rings. The molecule has 3 rings (SSSR count). The number of hydrogen-bond donors (Lipinski definition) is 0. The molecule has 0 atom stereocenters. The molecule has 0 amide bonds. The highest BCUT2D eigenvalue weighted by molar-refractivity contribution is 5.80. The van der Waals surface area contributed by atoms with Crippen LogP contribution in [0.1, 0.15) is 31.1 Å². The second-order valence-corrected chi connectivity index (χ2v) is 6.40. The molecule has 3 aromatic heterocycles. The van der Waals surface area contributed by atoms with E-state index in [1.807, 2.05) is 17.7 Å². The number of nitrogens with zero attached hydrogens (tertiary/aromatic N) is 4. The smallest absolute Gasteiger partial charge is 0.480 e. The zero-order valence-corrected chi connectivity index (χ0v) is 15.5. The lowest BCUT2D eigenvalue weighted by molar-refractivity contribution is -0.276. The fourth-order valence-electron chi connectivity index (χ4n) is 2.87. The first-order valence-electron chi connectivity index (χ1n) is 8.27. The van der Waals surface area contributed by atoms with Gasteiger partial charge in [0.2, 0.25) is 11.8 Å². The van der Waals surface area contributed by atoms with Crippen LogP contribution in [-0.2, 0) is 0 Å². The molecule has 0 radical (unpaired) electrons. The second-order valence-electron chi connectivity index (χ2n) is 6.40. The highest BCUT2D eigenvalue weighted by Crippen LogP contribution is 2.34. The molecule has 3 aromatic rings. The van der Waals surface area contributed by atoms with Gasteiger partial charge in [0, 0.05) is 18.3 Å². The molecule has 0 bridgehead atoms. The third-order valence-electron chi connectivity index (χ3n) is 4.06. The molecule has 0 aliphatic heterocycles. The van der Waals surface area contributed by atoms with Crippen molar-refractivity contribution in [1.82, 2.24) is 19.5 Å². The lowest BCUT2D eigenvalue weighted by atomic mass is 10.1. The van der Waals surface area contributed by atoms with Crippen LogP contribution in [0.2, 0.25) is 0 Å². The normalized spacial score (nSPS) is 12.0. The number of pyridine rings is 1. The summed E-state index contributed by atoms with van der Waals surface area (Å²) in [5, 5.41) is 0. The van der Waals surface area contributed by atoms with E-state index >= 15 is 0 Å². The van der Waals surface area contributed by atoms with Crippen LogP contribution in [0, 0.1) is 13.8 Å². The molecule has 3 heterocycles. The van der Waals surface area contributed by atoms with Gasteiger partial charge in [0.05, 0.1) is 24.1 Å². The highest BCUT2D eigenvalue weighted by Gasteiger charge is 2.32. The lowest BCUT2D eigenvalue weighted by Gasteiger charge is -2.13. The summed E-state index contributed by atoms with van der Waals surface area (Å²) in [7, 11) is 1.32. The second kappa shape index (κ2) is 6.71. The molecule has 0 N–H and O–H groups in total. The van der Waals surface area contributed by atoms with Crippen molar-refractivity contribution in [2.75, 3.05) is 7.11 Å². The van der Waals surface area contributed by atoms with Gasteiger partial charge in [0.1, 0.15) is 5.52 Å². The van der Waals surface area contributed by atoms with Gasteiger partial charge in [-0.2, -0.15) is 4.98 Å². The molecule has 0 unspecified atom stereocenters. The summed E-state index contributed by atoms with van der Waals surface area (Å²) in [5.74, 6) is -0.619. The molecule has 27 heavy (non-hydrogen) atoms. The van der Waals surface area contributed by atoms with Gasteiger partial charge < -0.3 is 14.0 Å². The van der Waals surface area contributed by atoms with E-state index in [0.29, 0.717) is 17.0 Å². The van der Waals surface area contributed by atoms with E-state index in [9.17, 15) is 13.2 Å². The molecule has 0 saturated heterocycles. The molecule has 0 fully saturated rings. The van der Waals surface area contributed by atoms with Crippen molar-refractivity contribution in [3.05, 3.63) is 29.6 Å². The first-order chi connectivity index (χ1) is 12.6. The maximum Gasteiger partial charge on any atom is 0.574 e. The van der Waals surface area contributed by atoms with Crippen molar-refractivity contribution in [1.29, 1.82) is 0 Å². The quantitative estimate of drug-likeness (QED) is 0.662. The Morgan fingerprint density at radius 2 is 1.78 bits per heavy atom. The number of aryl methyl sites for hydroxylation is 2. The molecule has 0 saturated carbocycles. The van der Waals surface area contributed by atoms with E-state index in [0.717, 1.165) is 22.8 Å². The number of aromatic nitrogens is 4. The van der Waals surface area contributed by atoms with Crippen molar-refractivity contribution in [2.45, 2.75) is 40.1 Å². The molecule has 9 heteroatoms. The summed E-state index contributed by atoms with van der Waals surface area (Å²) < 4.78 is 48.3. The first kappa shape index (κ1) is 18.9. The van der Waals surface area contributed by atoms with E-state index in [-0.39, 0.29) is 11.9 Å². The standard InChI is InChI=1S/C18H19F3N4O2/c1-9(2)25-8-10(3)14-16(25)22-11(4)15(24-14)12-6-7-13(23-17(12)26-5)27-18(19,20)21/h6-9H,1-5H3. The molecular weight excluding hydrogens is 361 g/mol. The predicted molar refractivity (Wildman–Crippen MR) is 93.9 cm³/mol. The lowest BCUT2D eigenvalue weighted by Crippen LogP contribution is -2.18. The molecule has 6 nitrogen and oxygen atoms in total. The number of methoxy groups -OCH3 is 1. The molecule has 144 valence electrons. The van der Waals surface area contributed by atoms with Crippen LogP contribution in [0.4, 0.5) is 13.2 Å². The van der Waals surface area contributed by atoms with Gasteiger partial charge in [-0.05, 0) is 39.3 Å². The fraction of sp³-hybridized carbons (Fsp3) is 0.389. The minimum absolute atomic E-state index is 0.0190. The van der Waals surface area contributed by atoms with Crippen molar-refractivity contribution in [2.24, 2.45) is 0 Å². The van der Waals surface area contributed by atoms with Crippen LogP contribution in [0.15, 0.2) is 18.3 Å². The van der Waals surface area contributed by atoms with E-state index < -0.39 is 12.2 Å². The zero-order chi connectivity index (χ0) is 19.9. The number of alkyl halides is 3. The Hall–Kier alpha value is -2.84. The number of halogens is 3. The van der Waals surface area contributed by atoms with Gasteiger partial charge in [-0.25, -0.2) is 9.97 Å². The third-order valence-corrected chi connectivity index (χ3v) is 4.06. The molecule has 0 aromatic carbocycles. The van der Waals surface area contributed by atoms with Gasteiger partial charge in [0.15, 0.2) is 5.65 Å². The Balaban J connectivity index is 2.14. The maximum atomic E-state index is 12.4. The minimum Gasteiger partial charge on any atom is -0.480 e. The largest absolute Gasteiger partial charge is 0.574 e. The fourth-order valence-corrected chi connectivity index (χ4v) is 2.87. The predicted octanol–water partition coefficient (Wildman–Crippen LogP) is 4.60. The monoisotopic (exact) mass is 380 g/mol. The molecular formula is C18H19F3N4O2. The summed E-state index contributed by atoms with van der Waals surface area (Å²) in [6.45, 7) is 7.82. The van der Waals surface area contributed by atoms with Gasteiger partial charge >= 0.3 is 6.36 Å². The number of fused-ring (bicyclic) bond motifs is 1. The number of rotatable bonds is 4. The average molecular weight is 380 g/mol. The average Bonchev–Trinajstić information content (AvgIpc) is 2.89. The Morgan fingerprint density at radius 1 is 1.07 bits per heavy atom. The Labute approximate surface area is 154 Å². The van der Waals surface area contributed by atoms with Crippen molar-refractivity contribution in [3.63, 3.8) is 0 Å². The van der Waals surface area contributed by atoms with E-state index in [4.69, 9.17) is 9.72 Å². The van der Waals surface area contributed by atoms with Crippen molar-refractivity contribution in [3.8, 4) is 23.0 Å². The Bertz CT molecular complexity index is 996. The van der Waals surface area contributed by atoms with Crippen LogP contribution in [-0.4, -0.2) is 33.0 Å². The van der Waals surface area contributed by atoms with Gasteiger partial charge in [-0.3, -0.25) is 0 Å². The first-order valence-corrected chi connectivity index (χ1v) is 8.27. The van der Waals surface area contributed by atoms with Gasteiger partial charge in [-0.1, -0.05) is 0 Å². The SMILES string of the molecule is COc1nc(OC(F)(F)F)ccc1-c1nc2c(C)cn(C(C)C)c2nc1C. The van der Waals surface area contributed by atoms with Crippen LogP contribution in [0.5, 0.6) is 11.8 Å². The molecule has 0 aliphatic carbocycles. The third kappa shape index (κ3) is 3.67. The van der Waals surface area contributed by atoms with E-state index in [1.165, 1.54) is 13.2 Å². The van der Waals surface area contributed by atoms with Gasteiger partial charge in [0.25, 0.3) is 0 Å². The topological polar surface area (TPSA) is 62.1 Å². The van der Waals surface area contributed by atoms with E-state index in [1.54, 1.807) is 6.92 Å². The van der Waals surface area contributed by atoms with Gasteiger partial charge in [-0.15, -0.1) is 13.2 Å². The minimum atomic E-state index is -4.83. The van der Waals surface area contributed by atoms with Crippen LogP contribution >= 0.6 is 0 Å². The highest BCUT2D eigenvalue weighted by atomic mass is 19.4. The Kier molecular flexibility index (Phi) is 4.71. The van der Waals surface area contributed by atoms with Crippen molar-refractivity contribution < 1.29 is 22.6 Å². The number of hydrogen-bond acceptors (Lipinski definition) is 5. The van der Waals surface area contributed by atoms with Crippen LogP contribution < -0.4 is 9.47 Å². The summed E-state index contributed by atoms with van der Waals surface area (Å²) in [6.07, 6.45) is -2.85. The van der Waals surface area contributed by atoms with Crippen LogP contribution in [0.25, 0.3) is 22.4 Å². The summed E-state index contributed by atoms with van der Waals surface area (Å²) in [4.78, 5) is 13.1. The zero-order valence-electron chi connectivity index (χ0n) is 15.5. The Morgan fingerprint density at radius 3 is 2.37 bits per heavy atom. The van der Waals surface area contributed by atoms with Crippen LogP contribution in [0.3, 0.4) is 0 Å². The summed E-state index contributed by atoms with van der Waals surface area (Å²) in [5.41, 5.74) is 3.99.